The molecule has 2 aromatic carbocycles. The molecule has 3 rings (SSSR count). The van der Waals surface area contributed by atoms with Crippen molar-refractivity contribution in [1.29, 1.82) is 0 Å². The molecule has 0 N–H and O–H groups in total. The van der Waals surface area contributed by atoms with E-state index in [0.717, 1.165) is 12.8 Å². The van der Waals surface area contributed by atoms with Gasteiger partial charge in [-0.05, 0) is 31.0 Å². The lowest BCUT2D eigenvalue weighted by atomic mass is 10.1. The Balaban J connectivity index is 1.70. The molecule has 0 atom stereocenters. The molecule has 0 saturated heterocycles. The number of amides is 1. The zero-order valence-electron chi connectivity index (χ0n) is 17.1. The van der Waals surface area contributed by atoms with Crippen molar-refractivity contribution in [2.24, 2.45) is 0 Å². The van der Waals surface area contributed by atoms with Crippen LogP contribution in [0, 0.1) is 5.82 Å². The molecule has 0 radical (unpaired) electrons. The molecule has 0 unspecified atom stereocenters. The van der Waals surface area contributed by atoms with E-state index in [1.54, 1.807) is 29.2 Å². The minimum absolute atomic E-state index is 0.0337. The normalized spacial score (nSPS) is 12.8. The number of carbonyl (C=O) groups excluding carboxylic acids is 2. The van der Waals surface area contributed by atoms with Gasteiger partial charge < -0.3 is 23.8 Å². The zero-order valence-corrected chi connectivity index (χ0v) is 17.1. The topological polar surface area (TPSA) is 74.3 Å². The van der Waals surface area contributed by atoms with Gasteiger partial charge in [0.1, 0.15) is 11.4 Å². The maximum absolute atomic E-state index is 14.0. The van der Waals surface area contributed by atoms with Gasteiger partial charge in [0.25, 0.3) is 5.91 Å². The molecular weight excluding hydrogens is 393 g/mol. The molecule has 160 valence electrons. The van der Waals surface area contributed by atoms with Crippen molar-refractivity contribution in [2.45, 2.75) is 25.4 Å². The Hall–Kier alpha value is -3.29. The Morgan fingerprint density at radius 3 is 2.30 bits per heavy atom. The number of carbonyl (C=O) groups is 2. The quantitative estimate of drug-likeness (QED) is 0.584. The summed E-state index contributed by atoms with van der Waals surface area (Å²) in [6, 6.07) is 9.37. The third-order valence-electron chi connectivity index (χ3n) is 4.86. The summed E-state index contributed by atoms with van der Waals surface area (Å²) in [4.78, 5) is 26.8. The number of hydrogen-bond donors (Lipinski definition) is 0. The summed E-state index contributed by atoms with van der Waals surface area (Å²) in [6.07, 6.45) is 1.69. The average Bonchev–Trinajstić information content (AvgIpc) is 3.60. The molecule has 1 amide bonds. The highest BCUT2D eigenvalue weighted by molar-refractivity contribution is 5.95. The van der Waals surface area contributed by atoms with E-state index in [2.05, 4.69) is 0 Å². The number of ether oxygens (including phenoxy) is 4. The van der Waals surface area contributed by atoms with Crippen LogP contribution in [0.5, 0.6) is 17.2 Å². The van der Waals surface area contributed by atoms with Gasteiger partial charge in [-0.25, -0.2) is 9.18 Å². The van der Waals surface area contributed by atoms with Gasteiger partial charge in [-0.15, -0.1) is 0 Å². The zero-order chi connectivity index (χ0) is 21.7. The minimum Gasteiger partial charge on any atom is -0.493 e. The molecule has 30 heavy (non-hydrogen) atoms. The van der Waals surface area contributed by atoms with Gasteiger partial charge in [-0.1, -0.05) is 18.2 Å². The minimum atomic E-state index is -0.734. The number of benzene rings is 2. The van der Waals surface area contributed by atoms with E-state index in [-0.39, 0.29) is 41.4 Å². The molecule has 2 aromatic rings. The standard InChI is InChI=1S/C22H24FNO6/c1-27-18-11-10-16(20(28-2)21(18)29-3)22(26)30-13-19(25)24(15-8-9-15)12-14-6-4-5-7-17(14)23/h4-7,10-11,15H,8-9,12-13H2,1-3H3. The fourth-order valence-electron chi connectivity index (χ4n) is 3.17. The molecule has 8 heteroatoms. The monoisotopic (exact) mass is 417 g/mol. The molecule has 1 fully saturated rings. The Morgan fingerprint density at radius 2 is 1.70 bits per heavy atom. The van der Waals surface area contributed by atoms with Crippen molar-refractivity contribution in [3.63, 3.8) is 0 Å². The Kier molecular flexibility index (Phi) is 6.76. The molecule has 1 saturated carbocycles. The SMILES string of the molecule is COc1ccc(C(=O)OCC(=O)N(Cc2ccccc2F)C2CC2)c(OC)c1OC. The molecule has 7 nitrogen and oxygen atoms in total. The summed E-state index contributed by atoms with van der Waals surface area (Å²) in [5.41, 5.74) is 0.528. The van der Waals surface area contributed by atoms with Gasteiger partial charge in [0.15, 0.2) is 18.1 Å². The third kappa shape index (κ3) is 4.64. The predicted octanol–water partition coefficient (Wildman–Crippen LogP) is 3.20. The van der Waals surface area contributed by atoms with E-state index >= 15 is 0 Å². The predicted molar refractivity (Wildman–Crippen MR) is 106 cm³/mol. The second kappa shape index (κ2) is 9.47. The van der Waals surface area contributed by atoms with Crippen molar-refractivity contribution < 1.29 is 32.9 Å². The summed E-state index contributed by atoms with van der Waals surface area (Å²) < 4.78 is 35.0. The van der Waals surface area contributed by atoms with E-state index < -0.39 is 12.6 Å². The molecule has 0 aliphatic heterocycles. The van der Waals surface area contributed by atoms with Crippen LogP contribution in [0.25, 0.3) is 0 Å². The number of halogens is 1. The first-order valence-electron chi connectivity index (χ1n) is 9.49. The summed E-state index contributed by atoms with van der Waals surface area (Å²) in [7, 11) is 4.29. The second-order valence-electron chi connectivity index (χ2n) is 6.80. The third-order valence-corrected chi connectivity index (χ3v) is 4.86. The number of hydrogen-bond acceptors (Lipinski definition) is 6. The van der Waals surface area contributed by atoms with Crippen LogP contribution in [-0.2, 0) is 16.1 Å². The first kappa shape index (κ1) is 21.4. The van der Waals surface area contributed by atoms with Gasteiger partial charge in [0.05, 0.1) is 21.3 Å². The molecule has 0 heterocycles. The van der Waals surface area contributed by atoms with Crippen LogP contribution in [-0.4, -0.2) is 50.8 Å². The Morgan fingerprint density at radius 1 is 1.00 bits per heavy atom. The maximum Gasteiger partial charge on any atom is 0.342 e. The number of methoxy groups -OCH3 is 3. The van der Waals surface area contributed by atoms with E-state index in [1.165, 1.54) is 33.5 Å². The Bertz CT molecular complexity index is 928. The van der Waals surface area contributed by atoms with Crippen LogP contribution in [0.15, 0.2) is 36.4 Å². The summed E-state index contributed by atoms with van der Waals surface area (Å²) >= 11 is 0. The molecular formula is C22H24FNO6. The van der Waals surface area contributed by atoms with E-state index in [1.807, 2.05) is 0 Å². The first-order chi connectivity index (χ1) is 14.5. The van der Waals surface area contributed by atoms with Crippen LogP contribution in [0.3, 0.4) is 0 Å². The first-order valence-corrected chi connectivity index (χ1v) is 9.49. The molecule has 1 aliphatic rings. The molecule has 1 aliphatic carbocycles. The van der Waals surface area contributed by atoms with Gasteiger partial charge in [0.2, 0.25) is 5.75 Å². The van der Waals surface area contributed by atoms with Crippen LogP contribution in [0.1, 0.15) is 28.8 Å². The molecule has 0 aromatic heterocycles. The number of rotatable bonds is 9. The van der Waals surface area contributed by atoms with Crippen molar-refractivity contribution in [2.75, 3.05) is 27.9 Å². The van der Waals surface area contributed by atoms with E-state index in [9.17, 15) is 14.0 Å². The highest BCUT2D eigenvalue weighted by atomic mass is 19.1. The van der Waals surface area contributed by atoms with Crippen molar-refractivity contribution in [3.05, 3.63) is 53.3 Å². The van der Waals surface area contributed by atoms with E-state index in [0.29, 0.717) is 11.3 Å². The highest BCUT2D eigenvalue weighted by Gasteiger charge is 2.33. The van der Waals surface area contributed by atoms with Gasteiger partial charge in [0, 0.05) is 18.2 Å². The lowest BCUT2D eigenvalue weighted by Crippen LogP contribution is -2.36. The lowest BCUT2D eigenvalue weighted by molar-refractivity contribution is -0.135. The van der Waals surface area contributed by atoms with Crippen LogP contribution in [0.4, 0.5) is 4.39 Å². The van der Waals surface area contributed by atoms with Crippen LogP contribution in [0.2, 0.25) is 0 Å². The fraction of sp³-hybridized carbons (Fsp3) is 0.364. The van der Waals surface area contributed by atoms with Gasteiger partial charge >= 0.3 is 5.97 Å². The largest absolute Gasteiger partial charge is 0.493 e. The smallest absolute Gasteiger partial charge is 0.342 e. The van der Waals surface area contributed by atoms with E-state index in [4.69, 9.17) is 18.9 Å². The Labute approximate surface area is 174 Å². The summed E-state index contributed by atoms with van der Waals surface area (Å²) in [5.74, 6) is -0.689. The molecule has 0 bridgehead atoms. The highest BCUT2D eigenvalue weighted by Crippen LogP contribution is 2.40. The van der Waals surface area contributed by atoms with Crippen molar-refractivity contribution >= 4 is 11.9 Å². The lowest BCUT2D eigenvalue weighted by Gasteiger charge is -2.23. The van der Waals surface area contributed by atoms with Crippen LogP contribution < -0.4 is 14.2 Å². The summed E-state index contributed by atoms with van der Waals surface area (Å²) in [6.45, 7) is -0.325. The number of esters is 1. The average molecular weight is 417 g/mol. The second-order valence-corrected chi connectivity index (χ2v) is 6.80. The number of nitrogens with zero attached hydrogens (tertiary/aromatic N) is 1. The van der Waals surface area contributed by atoms with Gasteiger partial charge in [-0.2, -0.15) is 0 Å². The fourth-order valence-corrected chi connectivity index (χ4v) is 3.17. The van der Waals surface area contributed by atoms with Crippen LogP contribution >= 0.6 is 0 Å². The summed E-state index contributed by atoms with van der Waals surface area (Å²) in [5, 5.41) is 0. The molecule has 0 spiro atoms. The van der Waals surface area contributed by atoms with Gasteiger partial charge in [-0.3, -0.25) is 4.79 Å². The maximum atomic E-state index is 14.0. The van der Waals surface area contributed by atoms with Crippen molar-refractivity contribution in [1.82, 2.24) is 4.90 Å². The van der Waals surface area contributed by atoms with Crippen molar-refractivity contribution in [3.8, 4) is 17.2 Å².